The van der Waals surface area contributed by atoms with Gasteiger partial charge in [-0.25, -0.2) is 4.79 Å². The van der Waals surface area contributed by atoms with Crippen LogP contribution < -0.4 is 10.1 Å². The van der Waals surface area contributed by atoms with E-state index in [1.54, 1.807) is 12.1 Å². The highest BCUT2D eigenvalue weighted by atomic mass is 35.5. The summed E-state index contributed by atoms with van der Waals surface area (Å²) in [5.74, 6) is 0.238. The van der Waals surface area contributed by atoms with Crippen molar-refractivity contribution in [3.8, 4) is 5.75 Å². The number of hydrogen-bond donors (Lipinski definition) is 2. The summed E-state index contributed by atoms with van der Waals surface area (Å²) < 4.78 is 9.84. The predicted molar refractivity (Wildman–Crippen MR) is 102 cm³/mol. The molecule has 0 saturated heterocycles. The van der Waals surface area contributed by atoms with Crippen molar-refractivity contribution in [3.05, 3.63) is 64.7 Å². The Kier molecular flexibility index (Phi) is 8.41. The molecule has 0 aliphatic carbocycles. The molecule has 2 aromatic rings. The number of nitrogens with one attached hydrogen (secondary N) is 1. The normalized spacial score (nSPS) is 11.8. The number of ether oxygens (including phenoxy) is 2. The fraction of sp³-hybridized carbons (Fsp3) is 0.350. The fourth-order valence-electron chi connectivity index (χ4n) is 2.44. The topological polar surface area (TPSA) is 67.8 Å². The van der Waals surface area contributed by atoms with Gasteiger partial charge < -0.3 is 19.9 Å². The van der Waals surface area contributed by atoms with Crippen LogP contribution >= 0.6 is 11.6 Å². The molecule has 0 aliphatic heterocycles. The number of hydrogen-bond acceptors (Lipinski definition) is 5. The van der Waals surface area contributed by atoms with E-state index in [0.29, 0.717) is 17.3 Å². The Morgan fingerprint density at radius 3 is 2.69 bits per heavy atom. The van der Waals surface area contributed by atoms with Crippen LogP contribution in [-0.2, 0) is 16.0 Å². The second-order valence-electron chi connectivity index (χ2n) is 5.89. The smallest absolute Gasteiger partial charge is 0.343 e. The molecule has 0 bridgehead atoms. The summed E-state index contributed by atoms with van der Waals surface area (Å²) in [6.45, 7) is 1.20. The summed E-state index contributed by atoms with van der Waals surface area (Å²) in [5.41, 5.74) is 2.00. The molecule has 0 fully saturated rings. The van der Waals surface area contributed by atoms with E-state index in [9.17, 15) is 9.90 Å². The first-order chi connectivity index (χ1) is 12.6. The summed E-state index contributed by atoms with van der Waals surface area (Å²) in [6.07, 6.45) is 1.29. The number of carbonyl (C=O) groups excluding carboxylic acids is 1. The zero-order chi connectivity index (χ0) is 18.8. The van der Waals surface area contributed by atoms with Crippen LogP contribution in [0, 0.1) is 0 Å². The lowest BCUT2D eigenvalue weighted by molar-refractivity contribution is -0.142. The summed E-state index contributed by atoms with van der Waals surface area (Å²) in [4.78, 5) is 11.0. The third kappa shape index (κ3) is 7.04. The van der Waals surface area contributed by atoms with Gasteiger partial charge in [-0.15, -0.1) is 0 Å². The standard InChI is InChI=1S/C20H24ClNO4/c1-25-20(24)14-26-18-9-7-15(8-10-18)4-3-11-22-13-19(23)16-5-2-6-17(21)12-16/h2,5-10,12,19,22-23H,3-4,11,13-14H2,1H3/t19-/m0/s1. The average Bonchev–Trinajstić information content (AvgIpc) is 2.66. The largest absolute Gasteiger partial charge is 0.482 e. The molecule has 0 heterocycles. The molecule has 140 valence electrons. The van der Waals surface area contributed by atoms with E-state index in [2.05, 4.69) is 10.1 Å². The van der Waals surface area contributed by atoms with E-state index in [1.807, 2.05) is 36.4 Å². The van der Waals surface area contributed by atoms with Crippen molar-refractivity contribution in [2.75, 3.05) is 26.8 Å². The lowest BCUT2D eigenvalue weighted by Crippen LogP contribution is -2.22. The van der Waals surface area contributed by atoms with Crippen molar-refractivity contribution in [1.29, 1.82) is 0 Å². The lowest BCUT2D eigenvalue weighted by atomic mass is 10.1. The van der Waals surface area contributed by atoms with E-state index in [4.69, 9.17) is 16.3 Å². The van der Waals surface area contributed by atoms with Crippen molar-refractivity contribution in [2.45, 2.75) is 18.9 Å². The van der Waals surface area contributed by atoms with Gasteiger partial charge >= 0.3 is 5.97 Å². The summed E-state index contributed by atoms with van der Waals surface area (Å²) in [7, 11) is 1.33. The number of aliphatic hydroxyl groups excluding tert-OH is 1. The van der Waals surface area contributed by atoms with Crippen LogP contribution in [0.5, 0.6) is 5.75 Å². The highest BCUT2D eigenvalue weighted by Gasteiger charge is 2.07. The van der Waals surface area contributed by atoms with Crippen molar-refractivity contribution in [3.63, 3.8) is 0 Å². The highest BCUT2D eigenvalue weighted by Crippen LogP contribution is 2.17. The molecule has 0 saturated carbocycles. The van der Waals surface area contributed by atoms with Gasteiger partial charge in [0.1, 0.15) is 5.75 Å². The van der Waals surface area contributed by atoms with Crippen LogP contribution in [0.1, 0.15) is 23.7 Å². The summed E-state index contributed by atoms with van der Waals surface area (Å²) >= 11 is 5.93. The van der Waals surface area contributed by atoms with Gasteiger partial charge in [-0.05, 0) is 54.8 Å². The first-order valence-electron chi connectivity index (χ1n) is 8.51. The number of aliphatic hydroxyl groups is 1. The number of carbonyl (C=O) groups is 1. The maximum atomic E-state index is 11.0. The Balaban J connectivity index is 1.64. The zero-order valence-corrected chi connectivity index (χ0v) is 15.5. The number of rotatable bonds is 10. The minimum absolute atomic E-state index is 0.0886. The molecule has 6 heteroatoms. The van der Waals surface area contributed by atoms with Gasteiger partial charge in [-0.2, -0.15) is 0 Å². The molecular weight excluding hydrogens is 354 g/mol. The van der Waals surface area contributed by atoms with Crippen molar-refractivity contribution < 1.29 is 19.4 Å². The van der Waals surface area contributed by atoms with Crippen molar-refractivity contribution >= 4 is 17.6 Å². The molecule has 0 spiro atoms. The molecule has 0 unspecified atom stereocenters. The monoisotopic (exact) mass is 377 g/mol. The van der Waals surface area contributed by atoms with Gasteiger partial charge in [-0.1, -0.05) is 35.9 Å². The van der Waals surface area contributed by atoms with Crippen LogP contribution in [0.2, 0.25) is 5.02 Å². The molecular formula is C20H24ClNO4. The molecule has 2 aromatic carbocycles. The van der Waals surface area contributed by atoms with E-state index >= 15 is 0 Å². The number of esters is 1. The van der Waals surface area contributed by atoms with E-state index in [-0.39, 0.29) is 6.61 Å². The first-order valence-corrected chi connectivity index (χ1v) is 8.89. The van der Waals surface area contributed by atoms with Crippen LogP contribution in [0.4, 0.5) is 0 Å². The Bertz CT molecular complexity index is 690. The molecule has 0 radical (unpaired) electrons. The van der Waals surface area contributed by atoms with Crippen molar-refractivity contribution in [2.24, 2.45) is 0 Å². The summed E-state index contributed by atoms with van der Waals surface area (Å²) in [6, 6.07) is 14.9. The zero-order valence-electron chi connectivity index (χ0n) is 14.8. The van der Waals surface area contributed by atoms with Gasteiger partial charge in [0.15, 0.2) is 6.61 Å². The van der Waals surface area contributed by atoms with Crippen LogP contribution in [0.25, 0.3) is 0 Å². The van der Waals surface area contributed by atoms with E-state index in [1.165, 1.54) is 12.7 Å². The van der Waals surface area contributed by atoms with E-state index < -0.39 is 12.1 Å². The minimum atomic E-state index is -0.569. The molecule has 2 N–H and O–H groups in total. The number of benzene rings is 2. The highest BCUT2D eigenvalue weighted by molar-refractivity contribution is 6.30. The fourth-order valence-corrected chi connectivity index (χ4v) is 2.64. The first kappa shape index (κ1) is 20.2. The molecule has 0 amide bonds. The SMILES string of the molecule is COC(=O)COc1ccc(CCCNC[C@H](O)c2cccc(Cl)c2)cc1. The second kappa shape index (κ2) is 10.8. The average molecular weight is 378 g/mol. The molecule has 0 aromatic heterocycles. The molecule has 0 aliphatic rings. The third-order valence-corrected chi connectivity index (χ3v) is 4.13. The number of aryl methyl sites for hydroxylation is 1. The number of halogens is 1. The van der Waals surface area contributed by atoms with Crippen molar-refractivity contribution in [1.82, 2.24) is 5.32 Å². The maximum absolute atomic E-state index is 11.0. The van der Waals surface area contributed by atoms with Gasteiger partial charge in [-0.3, -0.25) is 0 Å². The molecule has 1 atom stereocenters. The van der Waals surface area contributed by atoms with Gasteiger partial charge in [0.25, 0.3) is 0 Å². The Morgan fingerprint density at radius 1 is 1.23 bits per heavy atom. The predicted octanol–water partition coefficient (Wildman–Crippen LogP) is 3.15. The van der Waals surface area contributed by atoms with Crippen LogP contribution in [0.3, 0.4) is 0 Å². The minimum Gasteiger partial charge on any atom is -0.482 e. The molecule has 5 nitrogen and oxygen atoms in total. The van der Waals surface area contributed by atoms with Gasteiger partial charge in [0.05, 0.1) is 13.2 Å². The number of methoxy groups -OCH3 is 1. The van der Waals surface area contributed by atoms with E-state index in [0.717, 1.165) is 24.9 Å². The Labute approximate surface area is 158 Å². The quantitative estimate of drug-likeness (QED) is 0.491. The third-order valence-electron chi connectivity index (χ3n) is 3.90. The lowest BCUT2D eigenvalue weighted by Gasteiger charge is -2.12. The Hall–Kier alpha value is -2.08. The van der Waals surface area contributed by atoms with Crippen LogP contribution in [0.15, 0.2) is 48.5 Å². The second-order valence-corrected chi connectivity index (χ2v) is 6.32. The maximum Gasteiger partial charge on any atom is 0.343 e. The molecule has 2 rings (SSSR count). The molecule has 26 heavy (non-hydrogen) atoms. The summed E-state index contributed by atoms with van der Waals surface area (Å²) in [5, 5.41) is 14.0. The van der Waals surface area contributed by atoms with Gasteiger partial charge in [0.2, 0.25) is 0 Å². The van der Waals surface area contributed by atoms with Crippen LogP contribution in [-0.4, -0.2) is 37.9 Å². The Morgan fingerprint density at radius 2 is 2.00 bits per heavy atom. The van der Waals surface area contributed by atoms with Gasteiger partial charge in [0, 0.05) is 11.6 Å².